The van der Waals surface area contributed by atoms with E-state index < -0.39 is 0 Å². The molecule has 0 aromatic heterocycles. The molecule has 0 N–H and O–H groups in total. The first-order valence-electron chi connectivity index (χ1n) is 9.74. The standard InChI is InChI=1S/C20H30N2O3/c1-3-17(14-21-7-10-23-11-8-21)13-19(6-1)25-16-20-15-22(9-12-24-20)18-4-2-5-18/h1,3,6,13,18,20H,2,4-5,7-12,14-16H2. The number of ether oxygens (including phenoxy) is 3. The Hall–Kier alpha value is -1.14. The van der Waals surface area contributed by atoms with Crippen molar-refractivity contribution >= 4 is 0 Å². The number of hydrogen-bond acceptors (Lipinski definition) is 5. The van der Waals surface area contributed by atoms with Crippen LogP contribution in [0.1, 0.15) is 24.8 Å². The first-order valence-corrected chi connectivity index (χ1v) is 9.74. The predicted molar refractivity (Wildman–Crippen MR) is 97.0 cm³/mol. The van der Waals surface area contributed by atoms with E-state index in [1.165, 1.54) is 24.8 Å². The molecule has 4 rings (SSSR count). The smallest absolute Gasteiger partial charge is 0.119 e. The molecule has 1 unspecified atom stereocenters. The summed E-state index contributed by atoms with van der Waals surface area (Å²) in [5.74, 6) is 0.954. The van der Waals surface area contributed by atoms with Gasteiger partial charge in [0.2, 0.25) is 0 Å². The number of benzene rings is 1. The SMILES string of the molecule is c1cc(CN2CCOCC2)cc(OCC2CN(C3CCC3)CCO2)c1. The van der Waals surface area contributed by atoms with Crippen molar-refractivity contribution in [3.63, 3.8) is 0 Å². The van der Waals surface area contributed by atoms with Crippen LogP contribution in [0.4, 0.5) is 0 Å². The van der Waals surface area contributed by atoms with E-state index in [-0.39, 0.29) is 6.10 Å². The number of morpholine rings is 2. The molecular formula is C20H30N2O3. The Kier molecular flexibility index (Phi) is 5.87. The van der Waals surface area contributed by atoms with Gasteiger partial charge in [-0.3, -0.25) is 9.80 Å². The Morgan fingerprint density at radius 1 is 1.08 bits per heavy atom. The topological polar surface area (TPSA) is 34.2 Å². The minimum atomic E-state index is 0.192. The van der Waals surface area contributed by atoms with E-state index in [4.69, 9.17) is 14.2 Å². The van der Waals surface area contributed by atoms with E-state index in [0.717, 1.165) is 64.3 Å². The van der Waals surface area contributed by atoms with Crippen LogP contribution >= 0.6 is 0 Å². The molecule has 5 heteroatoms. The van der Waals surface area contributed by atoms with Crippen molar-refractivity contribution < 1.29 is 14.2 Å². The number of rotatable bonds is 6. The Morgan fingerprint density at radius 3 is 2.76 bits per heavy atom. The molecule has 1 saturated carbocycles. The Bertz CT molecular complexity index is 543. The van der Waals surface area contributed by atoms with Crippen LogP contribution in [0.15, 0.2) is 24.3 Å². The van der Waals surface area contributed by atoms with Gasteiger partial charge in [-0.05, 0) is 30.5 Å². The van der Waals surface area contributed by atoms with Gasteiger partial charge in [-0.25, -0.2) is 0 Å². The minimum absolute atomic E-state index is 0.192. The molecule has 2 saturated heterocycles. The Morgan fingerprint density at radius 2 is 1.96 bits per heavy atom. The van der Waals surface area contributed by atoms with Crippen LogP contribution < -0.4 is 4.74 Å². The van der Waals surface area contributed by atoms with Crippen LogP contribution in [0, 0.1) is 0 Å². The summed E-state index contributed by atoms with van der Waals surface area (Å²) in [4.78, 5) is 5.03. The van der Waals surface area contributed by atoms with Crippen LogP contribution in [-0.4, -0.2) is 74.6 Å². The van der Waals surface area contributed by atoms with Gasteiger partial charge in [0, 0.05) is 38.8 Å². The maximum atomic E-state index is 6.06. The van der Waals surface area contributed by atoms with E-state index in [1.807, 2.05) is 0 Å². The zero-order valence-corrected chi connectivity index (χ0v) is 15.1. The first kappa shape index (κ1) is 17.3. The molecule has 1 aliphatic carbocycles. The van der Waals surface area contributed by atoms with Gasteiger partial charge in [-0.15, -0.1) is 0 Å². The highest BCUT2D eigenvalue weighted by molar-refractivity contribution is 5.28. The summed E-state index contributed by atoms with van der Waals surface area (Å²) >= 11 is 0. The summed E-state index contributed by atoms with van der Waals surface area (Å²) in [6, 6.07) is 9.28. The van der Waals surface area contributed by atoms with Crippen molar-refractivity contribution in [1.82, 2.24) is 9.80 Å². The van der Waals surface area contributed by atoms with Gasteiger partial charge in [0.15, 0.2) is 0 Å². The largest absolute Gasteiger partial charge is 0.491 e. The lowest BCUT2D eigenvalue weighted by molar-refractivity contribution is -0.0700. The van der Waals surface area contributed by atoms with Gasteiger partial charge in [0.25, 0.3) is 0 Å². The molecule has 1 atom stereocenters. The van der Waals surface area contributed by atoms with Crippen molar-refractivity contribution in [2.45, 2.75) is 38.0 Å². The third-order valence-corrected chi connectivity index (χ3v) is 5.61. The van der Waals surface area contributed by atoms with Gasteiger partial charge in [-0.2, -0.15) is 0 Å². The molecule has 25 heavy (non-hydrogen) atoms. The summed E-state index contributed by atoms with van der Waals surface area (Å²) in [6.07, 6.45) is 4.30. The van der Waals surface area contributed by atoms with E-state index in [2.05, 4.69) is 34.1 Å². The molecular weight excluding hydrogens is 316 g/mol. The van der Waals surface area contributed by atoms with Crippen LogP contribution in [-0.2, 0) is 16.0 Å². The number of hydrogen-bond donors (Lipinski definition) is 0. The molecule has 1 aromatic carbocycles. The van der Waals surface area contributed by atoms with Crippen molar-refractivity contribution in [3.8, 4) is 5.75 Å². The average molecular weight is 346 g/mol. The van der Waals surface area contributed by atoms with Crippen LogP contribution in [0.5, 0.6) is 5.75 Å². The van der Waals surface area contributed by atoms with Gasteiger partial charge < -0.3 is 14.2 Å². The molecule has 0 spiro atoms. The average Bonchev–Trinajstić information content (AvgIpc) is 2.60. The van der Waals surface area contributed by atoms with Crippen LogP contribution in [0.25, 0.3) is 0 Å². The van der Waals surface area contributed by atoms with Crippen molar-refractivity contribution in [2.24, 2.45) is 0 Å². The molecule has 3 fully saturated rings. The Balaban J connectivity index is 1.26. The lowest BCUT2D eigenvalue weighted by Gasteiger charge is -2.42. The summed E-state index contributed by atoms with van der Waals surface area (Å²) in [5.41, 5.74) is 1.31. The normalized spacial score (nSPS) is 26.3. The zero-order chi connectivity index (χ0) is 16.9. The first-order chi connectivity index (χ1) is 12.4. The highest BCUT2D eigenvalue weighted by Gasteiger charge is 2.30. The third kappa shape index (κ3) is 4.73. The van der Waals surface area contributed by atoms with Gasteiger partial charge in [-0.1, -0.05) is 18.6 Å². The van der Waals surface area contributed by atoms with Gasteiger partial charge in [0.05, 0.1) is 19.8 Å². The molecule has 0 bridgehead atoms. The summed E-state index contributed by atoms with van der Waals surface area (Å²) in [6.45, 7) is 8.24. The zero-order valence-electron chi connectivity index (χ0n) is 15.1. The van der Waals surface area contributed by atoms with Crippen LogP contribution in [0.3, 0.4) is 0 Å². The monoisotopic (exact) mass is 346 g/mol. The number of nitrogens with zero attached hydrogens (tertiary/aromatic N) is 2. The fraction of sp³-hybridized carbons (Fsp3) is 0.700. The van der Waals surface area contributed by atoms with Crippen molar-refractivity contribution in [1.29, 1.82) is 0 Å². The second-order valence-corrected chi connectivity index (χ2v) is 7.42. The maximum absolute atomic E-state index is 6.06. The fourth-order valence-corrected chi connectivity index (χ4v) is 3.87. The predicted octanol–water partition coefficient (Wildman–Crippen LogP) is 2.15. The van der Waals surface area contributed by atoms with E-state index in [0.29, 0.717) is 6.61 Å². The highest BCUT2D eigenvalue weighted by Crippen LogP contribution is 2.26. The van der Waals surface area contributed by atoms with E-state index in [9.17, 15) is 0 Å². The molecule has 0 radical (unpaired) electrons. The molecule has 0 amide bonds. The second-order valence-electron chi connectivity index (χ2n) is 7.42. The van der Waals surface area contributed by atoms with E-state index in [1.54, 1.807) is 0 Å². The van der Waals surface area contributed by atoms with Crippen molar-refractivity contribution in [2.75, 3.05) is 52.6 Å². The highest BCUT2D eigenvalue weighted by atomic mass is 16.5. The quantitative estimate of drug-likeness (QED) is 0.788. The molecule has 1 aromatic rings. The van der Waals surface area contributed by atoms with Crippen LogP contribution in [0.2, 0.25) is 0 Å². The van der Waals surface area contributed by atoms with Crippen molar-refractivity contribution in [3.05, 3.63) is 29.8 Å². The third-order valence-electron chi connectivity index (χ3n) is 5.61. The fourth-order valence-electron chi connectivity index (χ4n) is 3.87. The second kappa shape index (κ2) is 8.49. The lowest BCUT2D eigenvalue weighted by atomic mass is 9.91. The van der Waals surface area contributed by atoms with Gasteiger partial charge in [0.1, 0.15) is 18.5 Å². The summed E-state index contributed by atoms with van der Waals surface area (Å²) in [7, 11) is 0. The minimum Gasteiger partial charge on any atom is -0.491 e. The van der Waals surface area contributed by atoms with Gasteiger partial charge >= 0.3 is 0 Å². The molecule has 2 heterocycles. The molecule has 138 valence electrons. The maximum Gasteiger partial charge on any atom is 0.119 e. The Labute approximate surface area is 150 Å². The van der Waals surface area contributed by atoms with E-state index >= 15 is 0 Å². The molecule has 5 nitrogen and oxygen atoms in total. The lowest BCUT2D eigenvalue weighted by Crippen LogP contribution is -2.51. The summed E-state index contributed by atoms with van der Waals surface area (Å²) in [5, 5.41) is 0. The molecule has 2 aliphatic heterocycles. The summed E-state index contributed by atoms with van der Waals surface area (Å²) < 4.78 is 17.4. The molecule has 3 aliphatic rings.